The van der Waals surface area contributed by atoms with E-state index in [0.29, 0.717) is 5.92 Å². The Labute approximate surface area is 106 Å². The van der Waals surface area contributed by atoms with Crippen molar-refractivity contribution in [2.45, 2.75) is 33.2 Å². The Hall–Kier alpha value is -0.410. The smallest absolute Gasteiger partial charge is 0.129 e. The number of rotatable bonds is 5. The van der Waals surface area contributed by atoms with Crippen molar-refractivity contribution in [2.24, 2.45) is 5.92 Å². The van der Waals surface area contributed by atoms with E-state index >= 15 is 0 Å². The van der Waals surface area contributed by atoms with Crippen molar-refractivity contribution in [3.05, 3.63) is 34.1 Å². The summed E-state index contributed by atoms with van der Waals surface area (Å²) in [4.78, 5) is 0. The molecule has 1 unspecified atom stereocenters. The standard InChI is InChI=1S/C13H19BrFN/c1-4-16-12(8-9(2)3)13-10(14)6-5-7-11(13)15/h5-7,9,12,16H,4,8H2,1-3H3. The van der Waals surface area contributed by atoms with Crippen LogP contribution in [0.15, 0.2) is 22.7 Å². The molecule has 0 spiro atoms. The third-order valence-electron chi connectivity index (χ3n) is 2.51. The average Bonchev–Trinajstić information content (AvgIpc) is 2.16. The fourth-order valence-corrected chi connectivity index (χ4v) is 2.48. The highest BCUT2D eigenvalue weighted by atomic mass is 79.9. The third-order valence-corrected chi connectivity index (χ3v) is 3.20. The van der Waals surface area contributed by atoms with Crippen LogP contribution < -0.4 is 5.32 Å². The summed E-state index contributed by atoms with van der Waals surface area (Å²) in [6.45, 7) is 7.19. The summed E-state index contributed by atoms with van der Waals surface area (Å²) < 4.78 is 14.7. The van der Waals surface area contributed by atoms with Gasteiger partial charge in [-0.2, -0.15) is 0 Å². The fourth-order valence-electron chi connectivity index (χ4n) is 1.86. The molecule has 0 fully saturated rings. The third kappa shape index (κ3) is 3.56. The molecule has 0 radical (unpaired) electrons. The van der Waals surface area contributed by atoms with Crippen molar-refractivity contribution in [3.8, 4) is 0 Å². The van der Waals surface area contributed by atoms with Crippen molar-refractivity contribution < 1.29 is 4.39 Å². The van der Waals surface area contributed by atoms with Gasteiger partial charge in [0.15, 0.2) is 0 Å². The van der Waals surface area contributed by atoms with Gasteiger partial charge in [0.05, 0.1) is 0 Å². The highest BCUT2D eigenvalue weighted by molar-refractivity contribution is 9.10. The summed E-state index contributed by atoms with van der Waals surface area (Å²) in [6, 6.07) is 5.22. The minimum Gasteiger partial charge on any atom is -0.310 e. The van der Waals surface area contributed by atoms with Gasteiger partial charge in [-0.15, -0.1) is 0 Å². The summed E-state index contributed by atoms with van der Waals surface area (Å²) in [5.41, 5.74) is 0.748. The van der Waals surface area contributed by atoms with Crippen LogP contribution in [-0.2, 0) is 0 Å². The van der Waals surface area contributed by atoms with Gasteiger partial charge in [-0.3, -0.25) is 0 Å². The van der Waals surface area contributed by atoms with Crippen LogP contribution in [0, 0.1) is 11.7 Å². The number of nitrogens with one attached hydrogen (secondary N) is 1. The lowest BCUT2D eigenvalue weighted by atomic mass is 9.96. The molecule has 1 aromatic rings. The maximum absolute atomic E-state index is 13.8. The second kappa shape index (κ2) is 6.36. The van der Waals surface area contributed by atoms with E-state index in [1.54, 1.807) is 6.07 Å². The lowest BCUT2D eigenvalue weighted by Crippen LogP contribution is -2.23. The van der Waals surface area contributed by atoms with Gasteiger partial charge >= 0.3 is 0 Å². The summed E-state index contributed by atoms with van der Waals surface area (Å²) in [5.74, 6) is 0.400. The van der Waals surface area contributed by atoms with Crippen LogP contribution in [0.1, 0.15) is 38.8 Å². The molecule has 0 aliphatic heterocycles. The van der Waals surface area contributed by atoms with Crippen LogP contribution in [-0.4, -0.2) is 6.54 Å². The molecule has 16 heavy (non-hydrogen) atoms. The Morgan fingerprint density at radius 3 is 2.56 bits per heavy atom. The van der Waals surface area contributed by atoms with E-state index in [4.69, 9.17) is 0 Å². The Morgan fingerprint density at radius 2 is 2.06 bits per heavy atom. The van der Waals surface area contributed by atoms with Crippen molar-refractivity contribution in [1.82, 2.24) is 5.32 Å². The number of halogens is 2. The second-order valence-corrected chi connectivity index (χ2v) is 5.23. The van der Waals surface area contributed by atoms with E-state index in [1.807, 2.05) is 13.0 Å². The lowest BCUT2D eigenvalue weighted by molar-refractivity contribution is 0.422. The van der Waals surface area contributed by atoms with Crippen molar-refractivity contribution in [2.75, 3.05) is 6.54 Å². The predicted molar refractivity (Wildman–Crippen MR) is 70.0 cm³/mol. The van der Waals surface area contributed by atoms with Crippen molar-refractivity contribution in [3.63, 3.8) is 0 Å². The molecular weight excluding hydrogens is 269 g/mol. The van der Waals surface area contributed by atoms with Crippen LogP contribution in [0.5, 0.6) is 0 Å². The Kier molecular flexibility index (Phi) is 5.42. The van der Waals surface area contributed by atoms with Crippen LogP contribution in [0.2, 0.25) is 0 Å². The predicted octanol–water partition coefficient (Wildman–Crippen LogP) is 4.28. The van der Waals surface area contributed by atoms with Gasteiger partial charge in [-0.1, -0.05) is 42.8 Å². The monoisotopic (exact) mass is 287 g/mol. The summed E-state index contributed by atoms with van der Waals surface area (Å²) >= 11 is 3.43. The minimum absolute atomic E-state index is 0.0839. The maximum Gasteiger partial charge on any atom is 0.129 e. The molecule has 0 amide bonds. The first kappa shape index (κ1) is 13.7. The van der Waals surface area contributed by atoms with Gasteiger partial charge in [-0.25, -0.2) is 4.39 Å². The van der Waals surface area contributed by atoms with E-state index in [0.717, 1.165) is 23.0 Å². The molecule has 0 bridgehead atoms. The zero-order valence-corrected chi connectivity index (χ0v) is 11.6. The summed E-state index contributed by atoms with van der Waals surface area (Å²) in [6.07, 6.45) is 0.938. The average molecular weight is 288 g/mol. The Bertz CT molecular complexity index is 318. The number of hydrogen-bond donors (Lipinski definition) is 1. The largest absolute Gasteiger partial charge is 0.310 e. The quantitative estimate of drug-likeness (QED) is 0.852. The highest BCUT2D eigenvalue weighted by Crippen LogP contribution is 2.30. The summed E-state index contributed by atoms with van der Waals surface area (Å²) in [5, 5.41) is 3.34. The SMILES string of the molecule is CCNC(CC(C)C)c1c(F)cccc1Br. The van der Waals surface area contributed by atoms with Crippen LogP contribution >= 0.6 is 15.9 Å². The summed E-state index contributed by atoms with van der Waals surface area (Å²) in [7, 11) is 0. The molecule has 3 heteroatoms. The molecule has 1 nitrogen and oxygen atoms in total. The molecule has 1 aromatic carbocycles. The molecule has 1 atom stereocenters. The lowest BCUT2D eigenvalue weighted by Gasteiger charge is -2.22. The minimum atomic E-state index is -0.138. The topological polar surface area (TPSA) is 12.0 Å². The Balaban J connectivity index is 3.00. The molecule has 90 valence electrons. The van der Waals surface area contributed by atoms with Gasteiger partial charge in [-0.05, 0) is 31.0 Å². The van der Waals surface area contributed by atoms with Crippen LogP contribution in [0.25, 0.3) is 0 Å². The van der Waals surface area contributed by atoms with Gasteiger partial charge in [0.25, 0.3) is 0 Å². The van der Waals surface area contributed by atoms with Crippen molar-refractivity contribution >= 4 is 15.9 Å². The highest BCUT2D eigenvalue weighted by Gasteiger charge is 2.18. The zero-order valence-electron chi connectivity index (χ0n) is 10.1. The zero-order chi connectivity index (χ0) is 12.1. The fraction of sp³-hybridized carbons (Fsp3) is 0.538. The van der Waals surface area contributed by atoms with Crippen LogP contribution in [0.4, 0.5) is 4.39 Å². The van der Waals surface area contributed by atoms with Gasteiger partial charge in [0, 0.05) is 16.1 Å². The molecule has 0 saturated carbocycles. The van der Waals surface area contributed by atoms with E-state index in [9.17, 15) is 4.39 Å². The molecule has 1 rings (SSSR count). The van der Waals surface area contributed by atoms with Gasteiger partial charge < -0.3 is 5.32 Å². The van der Waals surface area contributed by atoms with E-state index in [-0.39, 0.29) is 11.9 Å². The Morgan fingerprint density at radius 1 is 1.38 bits per heavy atom. The molecule has 1 N–H and O–H groups in total. The maximum atomic E-state index is 13.8. The molecule has 0 saturated heterocycles. The van der Waals surface area contributed by atoms with E-state index in [2.05, 4.69) is 35.1 Å². The molecule has 0 aromatic heterocycles. The first-order valence-electron chi connectivity index (χ1n) is 5.73. The first-order valence-corrected chi connectivity index (χ1v) is 6.52. The molecular formula is C13H19BrFN. The van der Waals surface area contributed by atoms with Crippen molar-refractivity contribution in [1.29, 1.82) is 0 Å². The van der Waals surface area contributed by atoms with Gasteiger partial charge in [0.1, 0.15) is 5.82 Å². The molecule has 0 heterocycles. The number of hydrogen-bond acceptors (Lipinski definition) is 1. The van der Waals surface area contributed by atoms with Crippen LogP contribution in [0.3, 0.4) is 0 Å². The molecule has 0 aliphatic carbocycles. The second-order valence-electron chi connectivity index (χ2n) is 4.38. The van der Waals surface area contributed by atoms with Gasteiger partial charge in [0.2, 0.25) is 0 Å². The van der Waals surface area contributed by atoms with E-state index < -0.39 is 0 Å². The number of benzene rings is 1. The first-order chi connectivity index (χ1) is 7.56. The normalized spacial score (nSPS) is 13.1. The molecule has 0 aliphatic rings. The van der Waals surface area contributed by atoms with E-state index in [1.165, 1.54) is 6.07 Å².